The van der Waals surface area contributed by atoms with Crippen molar-refractivity contribution in [1.82, 2.24) is 19.9 Å². The summed E-state index contributed by atoms with van der Waals surface area (Å²) in [4.78, 5) is 30.5. The molecule has 178 valence electrons. The van der Waals surface area contributed by atoms with Crippen molar-refractivity contribution in [1.29, 1.82) is 0 Å². The van der Waals surface area contributed by atoms with Gasteiger partial charge in [-0.15, -0.1) is 0 Å². The minimum absolute atomic E-state index is 0.0342. The molecule has 0 radical (unpaired) electrons. The van der Waals surface area contributed by atoms with Crippen molar-refractivity contribution < 1.29 is 9.53 Å². The first-order valence-electron chi connectivity index (χ1n) is 11.9. The summed E-state index contributed by atoms with van der Waals surface area (Å²) in [5.74, 6) is 0.691. The predicted molar refractivity (Wildman–Crippen MR) is 137 cm³/mol. The molecular formula is C28H29N5O2. The van der Waals surface area contributed by atoms with E-state index in [0.29, 0.717) is 31.0 Å². The summed E-state index contributed by atoms with van der Waals surface area (Å²) in [6.07, 6.45) is 3.78. The maximum Gasteiger partial charge on any atom is 0.242 e. The Labute approximate surface area is 205 Å². The minimum atomic E-state index is 0.0342. The highest BCUT2D eigenvalue weighted by Crippen LogP contribution is 2.31. The molecule has 2 atom stereocenters. The van der Waals surface area contributed by atoms with E-state index in [1.54, 1.807) is 12.4 Å². The molecule has 0 aliphatic carbocycles. The molecule has 5 rings (SSSR count). The van der Waals surface area contributed by atoms with Gasteiger partial charge in [-0.25, -0.2) is 9.97 Å². The number of fused-ring (bicyclic) bond motifs is 1. The van der Waals surface area contributed by atoms with Crippen LogP contribution in [0.3, 0.4) is 0 Å². The van der Waals surface area contributed by atoms with E-state index in [2.05, 4.69) is 46.1 Å². The third-order valence-electron chi connectivity index (χ3n) is 6.55. The predicted octanol–water partition coefficient (Wildman–Crippen LogP) is 4.75. The van der Waals surface area contributed by atoms with Crippen LogP contribution < -0.4 is 9.64 Å². The van der Waals surface area contributed by atoms with Crippen LogP contribution in [0.1, 0.15) is 24.9 Å². The van der Waals surface area contributed by atoms with Crippen LogP contribution in [0.5, 0.6) is 5.88 Å². The summed E-state index contributed by atoms with van der Waals surface area (Å²) in [6, 6.07) is 20.3. The Morgan fingerprint density at radius 3 is 2.54 bits per heavy atom. The van der Waals surface area contributed by atoms with E-state index in [9.17, 15) is 4.79 Å². The van der Waals surface area contributed by atoms with Crippen LogP contribution >= 0.6 is 0 Å². The van der Waals surface area contributed by atoms with Crippen molar-refractivity contribution in [3.05, 3.63) is 78.6 Å². The number of benzene rings is 2. The van der Waals surface area contributed by atoms with Gasteiger partial charge in [0.1, 0.15) is 0 Å². The third-order valence-corrected chi connectivity index (χ3v) is 6.55. The summed E-state index contributed by atoms with van der Waals surface area (Å²) in [7, 11) is 4.03. The molecule has 0 bridgehead atoms. The maximum atomic E-state index is 12.8. The topological polar surface area (TPSA) is 71.5 Å². The smallest absolute Gasteiger partial charge is 0.242 e. The Bertz CT molecular complexity index is 1320. The SMILES string of the molecule is CC(c1ccccc1)N1C[C@@H](COc2nc(-c3ccc(N(C)C)cc3)cc3nccnc23)CC1=O. The van der Waals surface area contributed by atoms with Gasteiger partial charge in [0.15, 0.2) is 5.52 Å². The molecular weight excluding hydrogens is 438 g/mol. The van der Waals surface area contributed by atoms with E-state index < -0.39 is 0 Å². The molecule has 1 aliphatic rings. The zero-order valence-corrected chi connectivity index (χ0v) is 20.3. The lowest BCUT2D eigenvalue weighted by atomic mass is 10.1. The first-order valence-corrected chi connectivity index (χ1v) is 11.9. The number of carbonyl (C=O) groups is 1. The van der Waals surface area contributed by atoms with Crippen molar-refractivity contribution in [3.63, 3.8) is 0 Å². The normalized spacial score (nSPS) is 16.5. The molecule has 0 spiro atoms. The van der Waals surface area contributed by atoms with E-state index in [4.69, 9.17) is 9.72 Å². The zero-order chi connectivity index (χ0) is 24.4. The Balaban J connectivity index is 1.35. The van der Waals surface area contributed by atoms with Crippen molar-refractivity contribution in [2.24, 2.45) is 5.92 Å². The van der Waals surface area contributed by atoms with Crippen LogP contribution in [-0.4, -0.2) is 53.0 Å². The number of pyridine rings is 1. The number of aromatic nitrogens is 3. The number of rotatable bonds is 7. The fourth-order valence-corrected chi connectivity index (χ4v) is 4.52. The Hall–Kier alpha value is -4.00. The van der Waals surface area contributed by atoms with E-state index in [-0.39, 0.29) is 17.9 Å². The molecule has 0 N–H and O–H groups in total. The van der Waals surface area contributed by atoms with Crippen molar-refractivity contribution in [3.8, 4) is 17.1 Å². The molecule has 1 saturated heterocycles. The summed E-state index contributed by atoms with van der Waals surface area (Å²) in [6.45, 7) is 3.13. The van der Waals surface area contributed by atoms with Gasteiger partial charge >= 0.3 is 0 Å². The first kappa shape index (κ1) is 22.8. The maximum absolute atomic E-state index is 12.8. The largest absolute Gasteiger partial charge is 0.476 e. The van der Waals surface area contributed by atoms with Gasteiger partial charge < -0.3 is 14.5 Å². The molecule has 2 aromatic heterocycles. The first-order chi connectivity index (χ1) is 17.0. The second-order valence-corrected chi connectivity index (χ2v) is 9.19. The summed E-state index contributed by atoms with van der Waals surface area (Å²) < 4.78 is 6.21. The van der Waals surface area contributed by atoms with Crippen LogP contribution in [0, 0.1) is 5.92 Å². The monoisotopic (exact) mass is 467 g/mol. The molecule has 1 amide bonds. The lowest BCUT2D eigenvalue weighted by molar-refractivity contribution is -0.129. The molecule has 35 heavy (non-hydrogen) atoms. The number of anilines is 1. The Morgan fingerprint density at radius 2 is 1.80 bits per heavy atom. The van der Waals surface area contributed by atoms with Crippen LogP contribution in [0.15, 0.2) is 73.1 Å². The molecule has 2 aromatic carbocycles. The fourth-order valence-electron chi connectivity index (χ4n) is 4.52. The third kappa shape index (κ3) is 4.80. The van der Waals surface area contributed by atoms with Crippen molar-refractivity contribution in [2.75, 3.05) is 32.1 Å². The lowest BCUT2D eigenvalue weighted by Gasteiger charge is -2.25. The standard InChI is InChI=1S/C28H29N5O2/c1-19(21-7-5-4-6-8-21)33-17-20(15-26(33)34)18-35-28-27-25(29-13-14-30-27)16-24(31-28)22-9-11-23(12-10-22)32(2)3/h4-14,16,19-20H,15,17-18H2,1-3H3/t19?,20-/m0/s1. The van der Waals surface area contributed by atoms with E-state index in [1.807, 2.05) is 55.4 Å². The summed E-state index contributed by atoms with van der Waals surface area (Å²) in [5.41, 5.74) is 5.36. The van der Waals surface area contributed by atoms with Crippen molar-refractivity contribution >= 4 is 22.6 Å². The molecule has 1 unspecified atom stereocenters. The van der Waals surface area contributed by atoms with Crippen LogP contribution in [-0.2, 0) is 4.79 Å². The van der Waals surface area contributed by atoms with Gasteiger partial charge in [-0.3, -0.25) is 9.78 Å². The number of nitrogens with zero attached hydrogens (tertiary/aromatic N) is 5. The Morgan fingerprint density at radius 1 is 1.06 bits per heavy atom. The quantitative estimate of drug-likeness (QED) is 0.391. The van der Waals surface area contributed by atoms with E-state index >= 15 is 0 Å². The molecule has 3 heterocycles. The Kier molecular flexibility index (Phi) is 6.31. The van der Waals surface area contributed by atoms with Crippen LogP contribution in [0.25, 0.3) is 22.3 Å². The van der Waals surface area contributed by atoms with Gasteiger partial charge in [-0.05, 0) is 30.7 Å². The van der Waals surface area contributed by atoms with E-state index in [0.717, 1.165) is 28.0 Å². The molecule has 7 heteroatoms. The van der Waals surface area contributed by atoms with Gasteiger partial charge in [-0.1, -0.05) is 42.5 Å². The highest BCUT2D eigenvalue weighted by atomic mass is 16.5. The van der Waals surface area contributed by atoms with Gasteiger partial charge in [0.25, 0.3) is 0 Å². The van der Waals surface area contributed by atoms with Crippen LogP contribution in [0.2, 0.25) is 0 Å². The van der Waals surface area contributed by atoms with Crippen molar-refractivity contribution in [2.45, 2.75) is 19.4 Å². The fraction of sp³-hybridized carbons (Fsp3) is 0.286. The zero-order valence-electron chi connectivity index (χ0n) is 20.3. The average Bonchev–Trinajstić information content (AvgIpc) is 3.27. The van der Waals surface area contributed by atoms with Gasteiger partial charge in [0.05, 0.1) is 23.9 Å². The average molecular weight is 468 g/mol. The summed E-state index contributed by atoms with van der Waals surface area (Å²) in [5, 5.41) is 0. The second kappa shape index (κ2) is 9.70. The molecule has 0 saturated carbocycles. The van der Waals surface area contributed by atoms with Crippen LogP contribution in [0.4, 0.5) is 5.69 Å². The van der Waals surface area contributed by atoms with Gasteiger partial charge in [0, 0.05) is 56.6 Å². The highest BCUT2D eigenvalue weighted by Gasteiger charge is 2.33. The molecule has 7 nitrogen and oxygen atoms in total. The van der Waals surface area contributed by atoms with Gasteiger partial charge in [-0.2, -0.15) is 0 Å². The highest BCUT2D eigenvalue weighted by molar-refractivity contribution is 5.83. The number of hydrogen-bond acceptors (Lipinski definition) is 6. The number of ether oxygens (including phenoxy) is 1. The number of amides is 1. The van der Waals surface area contributed by atoms with Gasteiger partial charge in [0.2, 0.25) is 11.8 Å². The molecule has 4 aromatic rings. The minimum Gasteiger partial charge on any atom is -0.476 e. The molecule has 1 fully saturated rings. The summed E-state index contributed by atoms with van der Waals surface area (Å²) >= 11 is 0. The number of hydrogen-bond donors (Lipinski definition) is 0. The van der Waals surface area contributed by atoms with E-state index in [1.165, 1.54) is 0 Å². The molecule has 1 aliphatic heterocycles. The lowest BCUT2D eigenvalue weighted by Crippen LogP contribution is -2.29. The second-order valence-electron chi connectivity index (χ2n) is 9.19. The number of carbonyl (C=O) groups excluding carboxylic acids is 1. The number of likely N-dealkylation sites (tertiary alicyclic amines) is 1.